The number of amides is 2. The van der Waals surface area contributed by atoms with Crippen LogP contribution in [0, 0.1) is 6.92 Å². The smallest absolute Gasteiger partial charge is 0.224 e. The van der Waals surface area contributed by atoms with Crippen molar-refractivity contribution in [2.24, 2.45) is 0 Å². The Morgan fingerprint density at radius 3 is 2.37 bits per heavy atom. The van der Waals surface area contributed by atoms with E-state index in [1.165, 1.54) is 6.92 Å². The van der Waals surface area contributed by atoms with E-state index in [0.717, 1.165) is 11.1 Å². The molecule has 0 spiro atoms. The third-order valence-electron chi connectivity index (χ3n) is 4.51. The van der Waals surface area contributed by atoms with E-state index in [1.807, 2.05) is 62.4 Å². The number of rotatable bonds is 8. The van der Waals surface area contributed by atoms with Crippen LogP contribution in [0.2, 0.25) is 0 Å². The summed E-state index contributed by atoms with van der Waals surface area (Å²) in [6.45, 7) is 6.96. The minimum atomic E-state index is -0.113. The molecule has 2 aromatic rings. The summed E-state index contributed by atoms with van der Waals surface area (Å²) < 4.78 is 5.40. The van der Waals surface area contributed by atoms with Gasteiger partial charge in [-0.25, -0.2) is 0 Å². The predicted octanol–water partition coefficient (Wildman–Crippen LogP) is 3.80. The molecule has 0 heterocycles. The summed E-state index contributed by atoms with van der Waals surface area (Å²) in [5, 5.41) is 0. The van der Waals surface area contributed by atoms with Crippen molar-refractivity contribution in [3.05, 3.63) is 59.7 Å². The number of nitrogens with zero attached hydrogens (tertiary/aromatic N) is 2. The van der Waals surface area contributed by atoms with E-state index in [-0.39, 0.29) is 18.2 Å². The first kappa shape index (κ1) is 20.5. The van der Waals surface area contributed by atoms with Crippen LogP contribution in [0.4, 0.5) is 5.69 Å². The van der Waals surface area contributed by atoms with Gasteiger partial charge in [-0.1, -0.05) is 36.4 Å². The SMILES string of the molecule is CCN(Cc1ccccc1)C(=O)CCN(C(C)=O)c1cc(C)ccc1OC. The van der Waals surface area contributed by atoms with E-state index in [1.54, 1.807) is 16.9 Å². The quantitative estimate of drug-likeness (QED) is 0.712. The molecule has 0 unspecified atom stereocenters. The lowest BCUT2D eigenvalue weighted by Crippen LogP contribution is -2.36. The van der Waals surface area contributed by atoms with Crippen LogP contribution in [0.1, 0.15) is 31.4 Å². The Bertz CT molecular complexity index is 774. The first-order valence-electron chi connectivity index (χ1n) is 9.20. The van der Waals surface area contributed by atoms with Crippen molar-refractivity contribution >= 4 is 17.5 Å². The van der Waals surface area contributed by atoms with Crippen molar-refractivity contribution in [1.82, 2.24) is 4.90 Å². The molecule has 0 saturated heterocycles. The summed E-state index contributed by atoms with van der Waals surface area (Å²) in [5.74, 6) is 0.539. The van der Waals surface area contributed by atoms with Gasteiger partial charge < -0.3 is 14.5 Å². The highest BCUT2D eigenvalue weighted by molar-refractivity contribution is 5.94. The Kier molecular flexibility index (Phi) is 7.41. The van der Waals surface area contributed by atoms with E-state index in [0.29, 0.717) is 31.1 Å². The fraction of sp³-hybridized carbons (Fsp3) is 0.364. The molecular formula is C22H28N2O3. The van der Waals surface area contributed by atoms with Gasteiger partial charge in [-0.2, -0.15) is 0 Å². The average molecular weight is 368 g/mol. The zero-order valence-corrected chi connectivity index (χ0v) is 16.6. The van der Waals surface area contributed by atoms with Crippen molar-refractivity contribution in [3.63, 3.8) is 0 Å². The van der Waals surface area contributed by atoms with Crippen LogP contribution in [-0.4, -0.2) is 36.9 Å². The molecule has 2 aromatic carbocycles. The molecule has 144 valence electrons. The van der Waals surface area contributed by atoms with Gasteiger partial charge in [-0.15, -0.1) is 0 Å². The highest BCUT2D eigenvalue weighted by atomic mass is 16.5. The summed E-state index contributed by atoms with van der Waals surface area (Å²) in [6.07, 6.45) is 0.261. The van der Waals surface area contributed by atoms with E-state index in [2.05, 4.69) is 0 Å². The van der Waals surface area contributed by atoms with E-state index >= 15 is 0 Å². The Labute approximate surface area is 161 Å². The average Bonchev–Trinajstić information content (AvgIpc) is 2.66. The molecule has 0 atom stereocenters. The van der Waals surface area contributed by atoms with Crippen LogP contribution in [-0.2, 0) is 16.1 Å². The summed E-state index contributed by atoms with van der Waals surface area (Å²) >= 11 is 0. The molecule has 0 fully saturated rings. The fourth-order valence-corrected chi connectivity index (χ4v) is 3.00. The third-order valence-corrected chi connectivity index (χ3v) is 4.51. The van der Waals surface area contributed by atoms with E-state index in [9.17, 15) is 9.59 Å². The number of benzene rings is 2. The summed E-state index contributed by atoms with van der Waals surface area (Å²) in [6, 6.07) is 15.6. The van der Waals surface area contributed by atoms with Crippen LogP contribution in [0.5, 0.6) is 5.75 Å². The maximum Gasteiger partial charge on any atom is 0.224 e. The molecule has 0 aliphatic heterocycles. The highest BCUT2D eigenvalue weighted by Gasteiger charge is 2.19. The lowest BCUT2D eigenvalue weighted by Gasteiger charge is -2.26. The molecule has 2 amide bonds. The van der Waals surface area contributed by atoms with Crippen LogP contribution in [0.15, 0.2) is 48.5 Å². The minimum absolute atomic E-state index is 0.0271. The summed E-state index contributed by atoms with van der Waals surface area (Å²) in [7, 11) is 1.58. The number of ether oxygens (including phenoxy) is 1. The molecular weight excluding hydrogens is 340 g/mol. The number of carbonyl (C=O) groups excluding carboxylic acids is 2. The largest absolute Gasteiger partial charge is 0.495 e. The van der Waals surface area contributed by atoms with Crippen LogP contribution < -0.4 is 9.64 Å². The van der Waals surface area contributed by atoms with Crippen LogP contribution in [0.3, 0.4) is 0 Å². The molecule has 0 aromatic heterocycles. The molecule has 5 heteroatoms. The van der Waals surface area contributed by atoms with Gasteiger partial charge in [-0.3, -0.25) is 9.59 Å². The maximum atomic E-state index is 12.7. The lowest BCUT2D eigenvalue weighted by molar-refractivity contribution is -0.131. The molecule has 5 nitrogen and oxygen atoms in total. The van der Waals surface area contributed by atoms with Crippen molar-refractivity contribution < 1.29 is 14.3 Å². The van der Waals surface area contributed by atoms with Gasteiger partial charge in [0.25, 0.3) is 0 Å². The molecule has 0 bridgehead atoms. The summed E-state index contributed by atoms with van der Waals surface area (Å²) in [4.78, 5) is 28.3. The van der Waals surface area contributed by atoms with E-state index < -0.39 is 0 Å². The zero-order valence-electron chi connectivity index (χ0n) is 16.6. The van der Waals surface area contributed by atoms with Crippen LogP contribution >= 0.6 is 0 Å². The number of carbonyl (C=O) groups is 2. The minimum Gasteiger partial charge on any atom is -0.495 e. The number of hydrogen-bond donors (Lipinski definition) is 0. The molecule has 0 aliphatic rings. The van der Waals surface area contributed by atoms with Crippen molar-refractivity contribution in [1.29, 1.82) is 0 Å². The number of methoxy groups -OCH3 is 1. The van der Waals surface area contributed by atoms with Crippen LogP contribution in [0.25, 0.3) is 0 Å². The maximum absolute atomic E-state index is 12.7. The second-order valence-electron chi connectivity index (χ2n) is 6.49. The van der Waals surface area contributed by atoms with Gasteiger partial charge in [-0.05, 0) is 37.1 Å². The second kappa shape index (κ2) is 9.76. The molecule has 0 N–H and O–H groups in total. The molecule has 27 heavy (non-hydrogen) atoms. The number of anilines is 1. The molecule has 0 radical (unpaired) electrons. The molecule has 0 saturated carbocycles. The van der Waals surface area contributed by atoms with Crippen molar-refractivity contribution in [2.75, 3.05) is 25.1 Å². The van der Waals surface area contributed by atoms with E-state index in [4.69, 9.17) is 4.74 Å². The predicted molar refractivity (Wildman–Crippen MR) is 108 cm³/mol. The Morgan fingerprint density at radius 2 is 1.78 bits per heavy atom. The van der Waals surface area contributed by atoms with Gasteiger partial charge in [0.1, 0.15) is 5.75 Å². The van der Waals surface area contributed by atoms with Crippen molar-refractivity contribution in [3.8, 4) is 5.75 Å². The molecule has 2 rings (SSSR count). The number of aryl methyl sites for hydroxylation is 1. The number of hydrogen-bond acceptors (Lipinski definition) is 3. The summed E-state index contributed by atoms with van der Waals surface area (Å²) in [5.41, 5.74) is 2.82. The standard InChI is InChI=1S/C22H28N2O3/c1-5-23(16-19-9-7-6-8-10-19)22(26)13-14-24(18(3)25)20-15-17(2)11-12-21(20)27-4/h6-12,15H,5,13-14,16H2,1-4H3. The first-order chi connectivity index (χ1) is 13.0. The second-order valence-corrected chi connectivity index (χ2v) is 6.49. The topological polar surface area (TPSA) is 49.9 Å². The Morgan fingerprint density at radius 1 is 1.07 bits per heavy atom. The van der Waals surface area contributed by atoms with Gasteiger partial charge in [0.15, 0.2) is 0 Å². The monoisotopic (exact) mass is 368 g/mol. The Hall–Kier alpha value is -2.82. The third kappa shape index (κ3) is 5.58. The van der Waals surface area contributed by atoms with Gasteiger partial charge in [0.2, 0.25) is 11.8 Å². The first-order valence-corrected chi connectivity index (χ1v) is 9.20. The normalized spacial score (nSPS) is 10.4. The lowest BCUT2D eigenvalue weighted by atomic mass is 10.1. The molecule has 0 aliphatic carbocycles. The highest BCUT2D eigenvalue weighted by Crippen LogP contribution is 2.29. The van der Waals surface area contributed by atoms with Crippen molar-refractivity contribution in [2.45, 2.75) is 33.7 Å². The zero-order chi connectivity index (χ0) is 19.8. The van der Waals surface area contributed by atoms with Gasteiger partial charge >= 0.3 is 0 Å². The van der Waals surface area contributed by atoms with Gasteiger partial charge in [0, 0.05) is 33.0 Å². The fourth-order valence-electron chi connectivity index (χ4n) is 3.00. The Balaban J connectivity index is 2.10. The van der Waals surface area contributed by atoms with Gasteiger partial charge in [0.05, 0.1) is 12.8 Å².